The number of ether oxygens (including phenoxy) is 1. The number of nitrogens with two attached hydrogens (primary N) is 1. The van der Waals surface area contributed by atoms with Crippen LogP contribution in [0.1, 0.15) is 23.3 Å². The maximum absolute atomic E-state index is 11.7. The Hall–Kier alpha value is -3.35. The number of amides is 1. The molecule has 0 aliphatic heterocycles. The van der Waals surface area contributed by atoms with Gasteiger partial charge in [0.2, 0.25) is 17.6 Å². The molecule has 0 spiro atoms. The Morgan fingerprint density at radius 2 is 1.92 bits per heavy atom. The first-order valence-corrected chi connectivity index (χ1v) is 7.74. The highest BCUT2D eigenvalue weighted by Crippen LogP contribution is 2.22. The Labute approximate surface area is 144 Å². The fraction of sp³-hybridized carbons (Fsp3) is 0.167. The molecule has 2 aromatic carbocycles. The van der Waals surface area contributed by atoms with Crippen LogP contribution in [0.15, 0.2) is 59.1 Å². The number of aromatic nitrogens is 2. The topological polar surface area (TPSA) is 103 Å². The molecule has 1 aromatic heterocycles. The summed E-state index contributed by atoms with van der Waals surface area (Å²) in [6.07, 6.45) is 0. The summed E-state index contributed by atoms with van der Waals surface area (Å²) in [6, 6.07) is 15.9. The molecule has 0 saturated carbocycles. The predicted octanol–water partition coefficient (Wildman–Crippen LogP) is 2.60. The van der Waals surface area contributed by atoms with Crippen molar-refractivity contribution in [2.24, 2.45) is 5.73 Å². The average molecular weight is 338 g/mol. The van der Waals surface area contributed by atoms with Crippen molar-refractivity contribution in [1.82, 2.24) is 10.1 Å². The molecule has 1 amide bonds. The van der Waals surface area contributed by atoms with Crippen LogP contribution in [-0.2, 0) is 11.4 Å². The average Bonchev–Trinajstić information content (AvgIpc) is 3.05. The lowest BCUT2D eigenvalue weighted by Crippen LogP contribution is -2.27. The van der Waals surface area contributed by atoms with E-state index in [0.717, 1.165) is 11.3 Å². The highest BCUT2D eigenvalue weighted by atomic mass is 16.5. The lowest BCUT2D eigenvalue weighted by Gasteiger charge is -2.17. The van der Waals surface area contributed by atoms with E-state index in [1.807, 2.05) is 42.5 Å². The van der Waals surface area contributed by atoms with Crippen LogP contribution in [0.25, 0.3) is 0 Å². The minimum Gasteiger partial charge on any atom is -0.485 e. The summed E-state index contributed by atoms with van der Waals surface area (Å²) in [4.78, 5) is 15.8. The summed E-state index contributed by atoms with van der Waals surface area (Å²) < 4.78 is 10.5. The van der Waals surface area contributed by atoms with Gasteiger partial charge in [-0.2, -0.15) is 4.98 Å². The quantitative estimate of drug-likeness (QED) is 0.686. The minimum absolute atomic E-state index is 0.220. The van der Waals surface area contributed by atoms with E-state index in [2.05, 4.69) is 15.5 Å². The van der Waals surface area contributed by atoms with Gasteiger partial charge in [0.1, 0.15) is 11.8 Å². The minimum atomic E-state index is -0.602. The van der Waals surface area contributed by atoms with Gasteiger partial charge in [0.05, 0.1) is 0 Å². The first-order chi connectivity index (χ1) is 12.1. The molecular weight excluding hydrogens is 320 g/mol. The molecule has 0 fully saturated rings. The van der Waals surface area contributed by atoms with Crippen molar-refractivity contribution in [3.63, 3.8) is 0 Å². The first-order valence-electron chi connectivity index (χ1n) is 7.74. The van der Waals surface area contributed by atoms with Gasteiger partial charge in [-0.25, -0.2) is 0 Å². The number of nitrogens with one attached hydrogen (secondary N) is 1. The van der Waals surface area contributed by atoms with Crippen LogP contribution in [0.2, 0.25) is 0 Å². The Balaban J connectivity index is 1.64. The molecule has 0 radical (unpaired) electrons. The molecule has 1 heterocycles. The molecule has 7 heteroatoms. The third-order valence-corrected chi connectivity index (χ3v) is 3.52. The molecule has 0 aliphatic rings. The zero-order valence-corrected chi connectivity index (χ0v) is 13.7. The Morgan fingerprint density at radius 3 is 2.52 bits per heavy atom. The van der Waals surface area contributed by atoms with Gasteiger partial charge >= 0.3 is 0 Å². The number of nitrogens with zero attached hydrogens (tertiary/aromatic N) is 2. The van der Waals surface area contributed by atoms with Crippen LogP contribution < -0.4 is 15.8 Å². The highest BCUT2D eigenvalue weighted by Gasteiger charge is 2.17. The summed E-state index contributed by atoms with van der Waals surface area (Å²) in [6.45, 7) is 1.94. The molecule has 3 rings (SSSR count). The van der Waals surface area contributed by atoms with E-state index in [-0.39, 0.29) is 6.61 Å². The summed E-state index contributed by atoms with van der Waals surface area (Å²) in [5, 5.41) is 6.90. The molecular formula is C18H18N4O3. The van der Waals surface area contributed by atoms with E-state index in [9.17, 15) is 4.79 Å². The standard InChI is InChI=1S/C18H18N4O3/c1-12-20-16(22-25-12)11-24-15-9-7-14(8-10-15)21-17(18(19)23)13-5-3-2-4-6-13/h2-10,17,21H,11H2,1H3,(H2,19,23)/t17-/m0/s1. The zero-order chi connectivity index (χ0) is 17.6. The highest BCUT2D eigenvalue weighted by molar-refractivity contribution is 5.84. The van der Waals surface area contributed by atoms with E-state index in [0.29, 0.717) is 17.5 Å². The molecule has 128 valence electrons. The second kappa shape index (κ2) is 7.48. The molecule has 0 bridgehead atoms. The van der Waals surface area contributed by atoms with Gasteiger partial charge in [0, 0.05) is 12.6 Å². The Morgan fingerprint density at radius 1 is 1.20 bits per heavy atom. The molecule has 3 N–H and O–H groups in total. The van der Waals surface area contributed by atoms with Crippen LogP contribution in [0.3, 0.4) is 0 Å². The number of anilines is 1. The molecule has 1 atom stereocenters. The zero-order valence-electron chi connectivity index (χ0n) is 13.7. The second-order valence-corrected chi connectivity index (χ2v) is 5.43. The van der Waals surface area contributed by atoms with Crippen molar-refractivity contribution >= 4 is 11.6 Å². The van der Waals surface area contributed by atoms with Gasteiger partial charge in [-0.15, -0.1) is 0 Å². The number of benzene rings is 2. The van der Waals surface area contributed by atoms with E-state index in [1.54, 1.807) is 19.1 Å². The van der Waals surface area contributed by atoms with Crippen molar-refractivity contribution in [1.29, 1.82) is 0 Å². The molecule has 0 aliphatic carbocycles. The van der Waals surface area contributed by atoms with Crippen molar-refractivity contribution in [3.05, 3.63) is 71.9 Å². The largest absolute Gasteiger partial charge is 0.485 e. The number of aryl methyl sites for hydroxylation is 1. The van der Waals surface area contributed by atoms with E-state index in [4.69, 9.17) is 15.0 Å². The van der Waals surface area contributed by atoms with Crippen LogP contribution >= 0.6 is 0 Å². The van der Waals surface area contributed by atoms with E-state index < -0.39 is 11.9 Å². The first kappa shape index (κ1) is 16.5. The number of primary amides is 1. The molecule has 25 heavy (non-hydrogen) atoms. The van der Waals surface area contributed by atoms with Gasteiger partial charge < -0.3 is 20.3 Å². The third kappa shape index (κ3) is 4.35. The summed E-state index contributed by atoms with van der Waals surface area (Å²) in [7, 11) is 0. The number of hydrogen-bond acceptors (Lipinski definition) is 6. The lowest BCUT2D eigenvalue weighted by atomic mass is 10.1. The van der Waals surface area contributed by atoms with Crippen LogP contribution in [0, 0.1) is 6.92 Å². The summed E-state index contributed by atoms with van der Waals surface area (Å²) >= 11 is 0. The number of rotatable bonds is 7. The van der Waals surface area contributed by atoms with Crippen molar-refractivity contribution < 1.29 is 14.1 Å². The van der Waals surface area contributed by atoms with Crippen LogP contribution in [0.4, 0.5) is 5.69 Å². The fourth-order valence-electron chi connectivity index (χ4n) is 2.33. The lowest BCUT2D eigenvalue weighted by molar-refractivity contribution is -0.118. The number of carbonyl (C=O) groups is 1. The molecule has 3 aromatic rings. The second-order valence-electron chi connectivity index (χ2n) is 5.43. The maximum atomic E-state index is 11.7. The van der Waals surface area contributed by atoms with Crippen LogP contribution in [-0.4, -0.2) is 16.0 Å². The normalized spacial score (nSPS) is 11.7. The molecule has 0 saturated heterocycles. The maximum Gasteiger partial charge on any atom is 0.244 e. The monoisotopic (exact) mass is 338 g/mol. The van der Waals surface area contributed by atoms with Gasteiger partial charge in [0.25, 0.3) is 0 Å². The third-order valence-electron chi connectivity index (χ3n) is 3.52. The van der Waals surface area contributed by atoms with Gasteiger partial charge in [0.15, 0.2) is 6.61 Å². The van der Waals surface area contributed by atoms with Crippen LogP contribution in [0.5, 0.6) is 5.75 Å². The van der Waals surface area contributed by atoms with E-state index in [1.165, 1.54) is 0 Å². The van der Waals surface area contributed by atoms with Crippen molar-refractivity contribution in [2.75, 3.05) is 5.32 Å². The fourth-order valence-corrected chi connectivity index (χ4v) is 2.33. The molecule has 0 unspecified atom stereocenters. The number of hydrogen-bond donors (Lipinski definition) is 2. The van der Waals surface area contributed by atoms with Crippen molar-refractivity contribution in [3.8, 4) is 5.75 Å². The van der Waals surface area contributed by atoms with Gasteiger partial charge in [-0.1, -0.05) is 35.5 Å². The predicted molar refractivity (Wildman–Crippen MR) is 91.8 cm³/mol. The Bertz CT molecular complexity index is 831. The number of carbonyl (C=O) groups excluding carboxylic acids is 1. The smallest absolute Gasteiger partial charge is 0.244 e. The SMILES string of the molecule is Cc1nc(COc2ccc(N[C@H](C(N)=O)c3ccccc3)cc2)no1. The summed E-state index contributed by atoms with van der Waals surface area (Å²) in [5.74, 6) is 1.19. The van der Waals surface area contributed by atoms with Gasteiger partial charge in [-0.3, -0.25) is 4.79 Å². The van der Waals surface area contributed by atoms with E-state index >= 15 is 0 Å². The molecule has 7 nitrogen and oxygen atoms in total. The van der Waals surface area contributed by atoms with Gasteiger partial charge in [-0.05, 0) is 29.8 Å². The summed E-state index contributed by atoms with van der Waals surface area (Å²) in [5.41, 5.74) is 7.08. The Kier molecular flexibility index (Phi) is 4.94. The van der Waals surface area contributed by atoms with Crippen molar-refractivity contribution in [2.45, 2.75) is 19.6 Å².